The van der Waals surface area contributed by atoms with E-state index >= 15 is 0 Å². The summed E-state index contributed by atoms with van der Waals surface area (Å²) in [6, 6.07) is 10.2. The van der Waals surface area contributed by atoms with Crippen molar-refractivity contribution >= 4 is 5.91 Å². The number of amides is 1. The van der Waals surface area contributed by atoms with Gasteiger partial charge in [0.1, 0.15) is 6.54 Å². The number of hydrogen-bond acceptors (Lipinski definition) is 3. The zero-order valence-corrected chi connectivity index (χ0v) is 10.5. The van der Waals surface area contributed by atoms with Gasteiger partial charge in [-0.3, -0.25) is 4.79 Å². The fraction of sp³-hybridized carbons (Fsp3) is 0.231. The van der Waals surface area contributed by atoms with E-state index in [1.807, 2.05) is 6.07 Å². The van der Waals surface area contributed by atoms with Crippen molar-refractivity contribution in [1.82, 2.24) is 10.1 Å². The fourth-order valence-electron chi connectivity index (χ4n) is 1.65. The molecule has 0 atom stereocenters. The molecule has 1 amide bonds. The number of carbonyl (C=O) groups is 1. The van der Waals surface area contributed by atoms with Crippen LogP contribution in [0, 0.1) is 0 Å². The Morgan fingerprint density at radius 1 is 1.30 bits per heavy atom. The van der Waals surface area contributed by atoms with E-state index in [0.717, 1.165) is 7.05 Å². The van der Waals surface area contributed by atoms with Crippen molar-refractivity contribution in [3.05, 3.63) is 42.1 Å². The minimum Gasteiger partial charge on any atom is -0.355 e. The Kier molecular flexibility index (Phi) is 3.78. The van der Waals surface area contributed by atoms with Gasteiger partial charge in [0, 0.05) is 18.7 Å². The van der Waals surface area contributed by atoms with Gasteiger partial charge in [-0.1, -0.05) is 35.5 Å². The van der Waals surface area contributed by atoms with Gasteiger partial charge in [-0.25, -0.2) is 0 Å². The van der Waals surface area contributed by atoms with Crippen LogP contribution in [0.25, 0.3) is 11.3 Å². The SMILES string of the molecule is CN(CC(F)(F)F)C(=O)c1cc(-c2ccccc2)on1. The van der Waals surface area contributed by atoms with E-state index in [9.17, 15) is 18.0 Å². The van der Waals surface area contributed by atoms with Gasteiger partial charge in [0.2, 0.25) is 0 Å². The van der Waals surface area contributed by atoms with Crippen molar-refractivity contribution in [3.63, 3.8) is 0 Å². The largest absolute Gasteiger partial charge is 0.406 e. The second kappa shape index (κ2) is 5.36. The smallest absolute Gasteiger partial charge is 0.355 e. The number of nitrogens with zero attached hydrogens (tertiary/aromatic N) is 2. The lowest BCUT2D eigenvalue weighted by molar-refractivity contribution is -0.138. The molecule has 0 aliphatic heterocycles. The van der Waals surface area contributed by atoms with E-state index in [4.69, 9.17) is 4.52 Å². The first-order chi connectivity index (χ1) is 9.37. The lowest BCUT2D eigenvalue weighted by Gasteiger charge is -2.17. The Morgan fingerprint density at radius 3 is 2.55 bits per heavy atom. The number of rotatable bonds is 3. The van der Waals surface area contributed by atoms with Crippen molar-refractivity contribution in [2.45, 2.75) is 6.18 Å². The maximum atomic E-state index is 12.2. The first kappa shape index (κ1) is 14.1. The van der Waals surface area contributed by atoms with E-state index < -0.39 is 18.6 Å². The Labute approximate surface area is 112 Å². The van der Waals surface area contributed by atoms with Gasteiger partial charge in [0.25, 0.3) is 5.91 Å². The summed E-state index contributed by atoms with van der Waals surface area (Å²) < 4.78 is 41.6. The maximum Gasteiger partial charge on any atom is 0.406 e. The first-order valence-electron chi connectivity index (χ1n) is 5.71. The maximum absolute atomic E-state index is 12.2. The zero-order valence-electron chi connectivity index (χ0n) is 10.5. The molecule has 1 aromatic carbocycles. The van der Waals surface area contributed by atoms with Gasteiger partial charge in [-0.15, -0.1) is 0 Å². The average Bonchev–Trinajstić information content (AvgIpc) is 2.86. The van der Waals surface area contributed by atoms with Crippen LogP contribution in [0.4, 0.5) is 13.2 Å². The predicted molar refractivity (Wildman–Crippen MR) is 65.0 cm³/mol. The highest BCUT2D eigenvalue weighted by Gasteiger charge is 2.32. The number of aromatic nitrogens is 1. The van der Waals surface area contributed by atoms with E-state index in [1.54, 1.807) is 24.3 Å². The molecule has 4 nitrogen and oxygen atoms in total. The summed E-state index contributed by atoms with van der Waals surface area (Å²) in [6.07, 6.45) is -4.45. The normalized spacial score (nSPS) is 11.4. The summed E-state index contributed by atoms with van der Waals surface area (Å²) in [5, 5.41) is 3.51. The van der Waals surface area contributed by atoms with Crippen molar-refractivity contribution in [2.75, 3.05) is 13.6 Å². The van der Waals surface area contributed by atoms with E-state index in [2.05, 4.69) is 5.16 Å². The molecule has 0 bridgehead atoms. The summed E-state index contributed by atoms with van der Waals surface area (Å²) in [5.74, 6) is -0.511. The van der Waals surface area contributed by atoms with Gasteiger partial charge in [0.05, 0.1) is 0 Å². The molecule has 0 aliphatic rings. The molecule has 0 radical (unpaired) electrons. The number of halogens is 3. The number of carbonyl (C=O) groups excluding carboxylic acids is 1. The van der Waals surface area contributed by atoms with Gasteiger partial charge >= 0.3 is 6.18 Å². The molecular weight excluding hydrogens is 273 g/mol. The third-order valence-corrected chi connectivity index (χ3v) is 2.55. The molecule has 0 saturated carbocycles. The molecule has 2 rings (SSSR count). The van der Waals surface area contributed by atoms with E-state index in [-0.39, 0.29) is 5.69 Å². The molecule has 0 spiro atoms. The predicted octanol–water partition coefficient (Wildman–Crippen LogP) is 2.98. The molecule has 20 heavy (non-hydrogen) atoms. The molecule has 106 valence electrons. The third-order valence-electron chi connectivity index (χ3n) is 2.55. The lowest BCUT2D eigenvalue weighted by atomic mass is 10.1. The van der Waals surface area contributed by atoms with E-state index in [0.29, 0.717) is 16.2 Å². The molecule has 7 heteroatoms. The molecule has 0 aliphatic carbocycles. The topological polar surface area (TPSA) is 46.3 Å². The highest BCUT2D eigenvalue weighted by Crippen LogP contribution is 2.21. The molecule has 0 saturated heterocycles. The van der Waals surface area contributed by atoms with Crippen LogP contribution in [0.3, 0.4) is 0 Å². The number of benzene rings is 1. The molecule has 0 unspecified atom stereocenters. The Morgan fingerprint density at radius 2 is 1.95 bits per heavy atom. The zero-order chi connectivity index (χ0) is 14.8. The van der Waals surface area contributed by atoms with Crippen LogP contribution >= 0.6 is 0 Å². The fourth-order valence-corrected chi connectivity index (χ4v) is 1.65. The Bertz CT molecular complexity index is 593. The van der Waals surface area contributed by atoms with E-state index in [1.165, 1.54) is 6.07 Å². The summed E-state index contributed by atoms with van der Waals surface area (Å²) in [7, 11) is 1.06. The first-order valence-corrected chi connectivity index (χ1v) is 5.71. The molecular formula is C13H11F3N2O2. The number of alkyl halides is 3. The van der Waals surface area contributed by atoms with Gasteiger partial charge < -0.3 is 9.42 Å². The summed E-state index contributed by atoms with van der Waals surface area (Å²) in [5.41, 5.74) is 0.535. The van der Waals surface area contributed by atoms with Crippen molar-refractivity contribution < 1.29 is 22.5 Å². The molecule has 0 fully saturated rings. The average molecular weight is 284 g/mol. The minimum atomic E-state index is -4.45. The van der Waals surface area contributed by atoms with Crippen molar-refractivity contribution in [2.24, 2.45) is 0 Å². The van der Waals surface area contributed by atoms with Gasteiger partial charge in [-0.2, -0.15) is 13.2 Å². The summed E-state index contributed by atoms with van der Waals surface area (Å²) >= 11 is 0. The molecule has 0 N–H and O–H groups in total. The van der Waals surface area contributed by atoms with Crippen LogP contribution in [-0.2, 0) is 0 Å². The summed E-state index contributed by atoms with van der Waals surface area (Å²) in [6.45, 7) is -1.33. The third kappa shape index (κ3) is 3.37. The summed E-state index contributed by atoms with van der Waals surface area (Å²) in [4.78, 5) is 12.3. The lowest BCUT2D eigenvalue weighted by Crippen LogP contribution is -2.35. The second-order valence-corrected chi connectivity index (χ2v) is 4.22. The van der Waals surface area contributed by atoms with Crippen LogP contribution < -0.4 is 0 Å². The van der Waals surface area contributed by atoms with Crippen molar-refractivity contribution in [1.29, 1.82) is 0 Å². The van der Waals surface area contributed by atoms with Crippen LogP contribution in [0.5, 0.6) is 0 Å². The quantitative estimate of drug-likeness (QED) is 0.870. The molecule has 1 aromatic heterocycles. The van der Waals surface area contributed by atoms with Crippen LogP contribution in [0.15, 0.2) is 40.9 Å². The number of hydrogen-bond donors (Lipinski definition) is 0. The second-order valence-electron chi connectivity index (χ2n) is 4.22. The monoisotopic (exact) mass is 284 g/mol. The standard InChI is InChI=1S/C13H11F3N2O2/c1-18(8-13(14,15)16)12(19)10-7-11(20-17-10)9-5-3-2-4-6-9/h2-7H,8H2,1H3. The van der Waals surface area contributed by atoms with Gasteiger partial charge in [0.15, 0.2) is 11.5 Å². The van der Waals surface area contributed by atoms with Gasteiger partial charge in [-0.05, 0) is 0 Å². The van der Waals surface area contributed by atoms with Crippen LogP contribution in [-0.4, -0.2) is 35.7 Å². The molecule has 1 heterocycles. The van der Waals surface area contributed by atoms with Crippen molar-refractivity contribution in [3.8, 4) is 11.3 Å². The van der Waals surface area contributed by atoms with Crippen LogP contribution in [0.2, 0.25) is 0 Å². The van der Waals surface area contributed by atoms with Crippen LogP contribution in [0.1, 0.15) is 10.5 Å². The minimum absolute atomic E-state index is 0.157. The highest BCUT2D eigenvalue weighted by molar-refractivity contribution is 5.93. The Hall–Kier alpha value is -2.31. The highest BCUT2D eigenvalue weighted by atomic mass is 19.4. The Balaban J connectivity index is 2.15. The molecule has 2 aromatic rings.